The van der Waals surface area contributed by atoms with Gasteiger partial charge in [-0.05, 0) is 125 Å². The number of hydrogen-bond acceptors (Lipinski definition) is 4. The molecular formula is C20H26I3NO4. The highest BCUT2D eigenvalue weighted by Gasteiger charge is 2.28. The van der Waals surface area contributed by atoms with E-state index in [-0.39, 0.29) is 12.1 Å². The third kappa shape index (κ3) is 6.85. The number of benzene rings is 1. The number of carbonyl (C=O) groups excluding carboxylic acids is 2. The third-order valence-electron chi connectivity index (χ3n) is 5.10. The van der Waals surface area contributed by atoms with Gasteiger partial charge in [-0.1, -0.05) is 6.92 Å². The minimum atomic E-state index is -0.424. The van der Waals surface area contributed by atoms with Crippen LogP contribution < -0.4 is 0 Å². The molecule has 0 aliphatic carbocycles. The lowest BCUT2D eigenvalue weighted by molar-refractivity contribution is 0.00481. The zero-order chi connectivity index (χ0) is 20.9. The Morgan fingerprint density at radius 1 is 1.14 bits per heavy atom. The van der Waals surface area contributed by atoms with Gasteiger partial charge in [0.25, 0.3) is 0 Å². The zero-order valence-electron chi connectivity index (χ0n) is 16.4. The summed E-state index contributed by atoms with van der Waals surface area (Å²) in [5, 5.41) is 0. The summed E-state index contributed by atoms with van der Waals surface area (Å²) in [4.78, 5) is 26.5. The Labute approximate surface area is 208 Å². The van der Waals surface area contributed by atoms with Crippen LogP contribution in [0.1, 0.15) is 56.8 Å². The average Bonchev–Trinajstić information content (AvgIpc) is 2.65. The first-order valence-corrected chi connectivity index (χ1v) is 12.7. The van der Waals surface area contributed by atoms with Crippen LogP contribution >= 0.6 is 67.8 Å². The summed E-state index contributed by atoms with van der Waals surface area (Å²) in [7, 11) is 0. The fraction of sp³-hybridized carbons (Fsp3) is 0.600. The normalized spacial score (nSPS) is 15.4. The van der Waals surface area contributed by atoms with Crippen LogP contribution in [0.2, 0.25) is 0 Å². The molecule has 1 fully saturated rings. The van der Waals surface area contributed by atoms with E-state index in [2.05, 4.69) is 67.8 Å². The van der Waals surface area contributed by atoms with Crippen LogP contribution in [0.15, 0.2) is 12.1 Å². The Hall–Kier alpha value is 0.150. The molecule has 5 nitrogen and oxygen atoms in total. The molecule has 28 heavy (non-hydrogen) atoms. The summed E-state index contributed by atoms with van der Waals surface area (Å²) in [6, 6.07) is 3.94. The van der Waals surface area contributed by atoms with Crippen molar-refractivity contribution in [3.05, 3.63) is 28.4 Å². The van der Waals surface area contributed by atoms with E-state index in [0.29, 0.717) is 31.2 Å². The maximum absolute atomic E-state index is 12.5. The van der Waals surface area contributed by atoms with Crippen molar-refractivity contribution in [2.45, 2.75) is 52.1 Å². The molecule has 0 radical (unpaired) electrons. The van der Waals surface area contributed by atoms with Crippen LogP contribution in [-0.4, -0.2) is 42.3 Å². The number of likely N-dealkylation sites (tertiary alicyclic amines) is 1. The molecule has 156 valence electrons. The van der Waals surface area contributed by atoms with Gasteiger partial charge >= 0.3 is 12.1 Å². The lowest BCUT2D eigenvalue weighted by Crippen LogP contribution is -2.42. The van der Waals surface area contributed by atoms with Gasteiger partial charge in [-0.15, -0.1) is 0 Å². The Balaban J connectivity index is 1.77. The minimum Gasteiger partial charge on any atom is -0.462 e. The SMILES string of the molecule is CCC(C)(C)OC(=O)N1CCC(CCOC(=O)c2c(I)ccc(I)c2I)CC1. The lowest BCUT2D eigenvalue weighted by Gasteiger charge is -2.34. The second-order valence-electron chi connectivity index (χ2n) is 7.55. The summed E-state index contributed by atoms with van der Waals surface area (Å²) < 4.78 is 14.0. The van der Waals surface area contributed by atoms with Crippen LogP contribution in [0.4, 0.5) is 4.79 Å². The van der Waals surface area contributed by atoms with Gasteiger partial charge in [0.05, 0.1) is 12.2 Å². The smallest absolute Gasteiger partial charge is 0.410 e. The summed E-state index contributed by atoms with van der Waals surface area (Å²) in [6.07, 6.45) is 3.22. The summed E-state index contributed by atoms with van der Waals surface area (Å²) in [6.45, 7) is 7.69. The van der Waals surface area contributed by atoms with E-state index in [1.54, 1.807) is 4.90 Å². The molecule has 1 aromatic carbocycles. The fourth-order valence-corrected chi connectivity index (χ4v) is 5.21. The second kappa shape index (κ2) is 11.0. The molecule has 1 heterocycles. The standard InChI is InChI=1S/C20H26I3NO4/c1-4-20(2,3)28-19(26)24-10-7-13(8-11-24)9-12-27-18(25)16-14(21)5-6-15(22)17(16)23/h5-6,13H,4,7-12H2,1-3H3. The lowest BCUT2D eigenvalue weighted by atomic mass is 9.94. The highest BCUT2D eigenvalue weighted by atomic mass is 127. The van der Waals surface area contributed by atoms with Crippen molar-refractivity contribution >= 4 is 79.8 Å². The molecule has 2 rings (SSSR count). The number of carbonyl (C=O) groups is 2. The zero-order valence-corrected chi connectivity index (χ0v) is 22.9. The van der Waals surface area contributed by atoms with E-state index >= 15 is 0 Å². The van der Waals surface area contributed by atoms with Gasteiger partial charge in [0, 0.05) is 23.8 Å². The summed E-state index contributed by atoms with van der Waals surface area (Å²) >= 11 is 6.60. The van der Waals surface area contributed by atoms with Gasteiger partial charge in [-0.2, -0.15) is 0 Å². The summed E-state index contributed by atoms with van der Waals surface area (Å²) in [5.41, 5.74) is 0.232. The molecule has 0 bridgehead atoms. The van der Waals surface area contributed by atoms with Gasteiger partial charge in [-0.25, -0.2) is 9.59 Å². The van der Waals surface area contributed by atoms with E-state index in [9.17, 15) is 9.59 Å². The number of rotatable bonds is 6. The van der Waals surface area contributed by atoms with Crippen LogP contribution in [0, 0.1) is 16.6 Å². The molecule has 1 amide bonds. The Morgan fingerprint density at radius 2 is 1.75 bits per heavy atom. The van der Waals surface area contributed by atoms with Crippen molar-refractivity contribution in [2.75, 3.05) is 19.7 Å². The molecule has 8 heteroatoms. The minimum absolute atomic E-state index is 0.223. The number of ether oxygens (including phenoxy) is 2. The number of esters is 1. The predicted octanol–water partition coefficient (Wildman–Crippen LogP) is 6.08. The molecule has 0 unspecified atom stereocenters. The first kappa shape index (κ1) is 24.4. The molecule has 1 saturated heterocycles. The fourth-order valence-electron chi connectivity index (χ4n) is 2.88. The largest absolute Gasteiger partial charge is 0.462 e. The Kier molecular flexibility index (Phi) is 9.56. The molecule has 1 aromatic rings. The number of amides is 1. The van der Waals surface area contributed by atoms with Crippen molar-refractivity contribution in [1.82, 2.24) is 4.90 Å². The van der Waals surface area contributed by atoms with Crippen LogP contribution in [0.25, 0.3) is 0 Å². The third-order valence-corrected chi connectivity index (χ3v) is 9.05. The van der Waals surface area contributed by atoms with Crippen molar-refractivity contribution in [1.29, 1.82) is 0 Å². The topological polar surface area (TPSA) is 55.8 Å². The van der Waals surface area contributed by atoms with Crippen molar-refractivity contribution in [3.8, 4) is 0 Å². The van der Waals surface area contributed by atoms with E-state index in [0.717, 1.165) is 36.4 Å². The van der Waals surface area contributed by atoms with Gasteiger partial charge < -0.3 is 14.4 Å². The predicted molar refractivity (Wildman–Crippen MR) is 135 cm³/mol. The van der Waals surface area contributed by atoms with E-state index in [4.69, 9.17) is 9.47 Å². The molecule has 0 aromatic heterocycles. The van der Waals surface area contributed by atoms with Gasteiger partial charge in [0.2, 0.25) is 0 Å². The van der Waals surface area contributed by atoms with E-state index < -0.39 is 5.60 Å². The first-order chi connectivity index (χ1) is 13.1. The second-order valence-corrected chi connectivity index (χ2v) is 11.0. The highest BCUT2D eigenvalue weighted by Crippen LogP contribution is 2.26. The molecule has 0 spiro atoms. The van der Waals surface area contributed by atoms with E-state index in [1.807, 2.05) is 32.9 Å². The number of halogens is 3. The molecule has 0 atom stereocenters. The number of hydrogen-bond donors (Lipinski definition) is 0. The molecule has 1 aliphatic rings. The molecule has 0 N–H and O–H groups in total. The Morgan fingerprint density at radius 3 is 2.36 bits per heavy atom. The molecule has 1 aliphatic heterocycles. The highest BCUT2D eigenvalue weighted by molar-refractivity contribution is 14.1. The number of nitrogens with zero attached hydrogens (tertiary/aromatic N) is 1. The number of piperidine rings is 1. The molecule has 0 saturated carbocycles. The van der Waals surface area contributed by atoms with Crippen LogP contribution in [0.3, 0.4) is 0 Å². The first-order valence-electron chi connectivity index (χ1n) is 9.43. The van der Waals surface area contributed by atoms with Crippen molar-refractivity contribution < 1.29 is 19.1 Å². The van der Waals surface area contributed by atoms with E-state index in [1.165, 1.54) is 0 Å². The Bertz CT molecular complexity index is 716. The van der Waals surface area contributed by atoms with Crippen LogP contribution in [-0.2, 0) is 9.47 Å². The van der Waals surface area contributed by atoms with Gasteiger partial charge in [0.1, 0.15) is 5.60 Å². The maximum atomic E-state index is 12.5. The maximum Gasteiger partial charge on any atom is 0.410 e. The van der Waals surface area contributed by atoms with Crippen LogP contribution in [0.5, 0.6) is 0 Å². The average molecular weight is 725 g/mol. The van der Waals surface area contributed by atoms with Crippen molar-refractivity contribution in [2.24, 2.45) is 5.92 Å². The quantitative estimate of drug-likeness (QED) is 0.203. The molecular weight excluding hydrogens is 699 g/mol. The van der Waals surface area contributed by atoms with Gasteiger partial charge in [-0.3, -0.25) is 0 Å². The summed E-state index contributed by atoms with van der Waals surface area (Å²) in [5.74, 6) is 0.209. The van der Waals surface area contributed by atoms with Gasteiger partial charge in [0.15, 0.2) is 0 Å². The van der Waals surface area contributed by atoms with Crippen molar-refractivity contribution in [3.63, 3.8) is 0 Å². The monoisotopic (exact) mass is 725 g/mol.